The zero-order chi connectivity index (χ0) is 16.1. The summed E-state index contributed by atoms with van der Waals surface area (Å²) in [5.74, 6) is 0. The van der Waals surface area contributed by atoms with Crippen molar-refractivity contribution in [3.8, 4) is 0 Å². The Morgan fingerprint density at radius 3 is 2.74 bits per heavy atom. The predicted molar refractivity (Wildman–Crippen MR) is 101 cm³/mol. The van der Waals surface area contributed by atoms with Gasteiger partial charge in [0.2, 0.25) is 0 Å². The van der Waals surface area contributed by atoms with Crippen molar-refractivity contribution < 1.29 is 0 Å². The highest BCUT2D eigenvalue weighted by Crippen LogP contribution is 2.33. The molecule has 0 N–H and O–H groups in total. The standard InChI is InChI=1S/C17H16Cl2N2S2/c18-15-3-1-2-4-16(15)22-14(11-21-10-9-20-12-21)6-5-13-7-8-17(19)23-13/h1-4,7-10,12,14H,5-6,11H2. The number of imidazole rings is 1. The number of aromatic nitrogens is 2. The maximum Gasteiger partial charge on any atom is 0.0946 e. The number of thiophene rings is 1. The van der Waals surface area contributed by atoms with E-state index in [1.54, 1.807) is 11.3 Å². The Morgan fingerprint density at radius 1 is 1.17 bits per heavy atom. The van der Waals surface area contributed by atoms with Gasteiger partial charge in [-0.3, -0.25) is 0 Å². The fraction of sp³-hybridized carbons (Fsp3) is 0.235. The zero-order valence-corrected chi connectivity index (χ0v) is 15.5. The second-order valence-corrected chi connectivity index (χ2v) is 8.72. The Kier molecular flexibility index (Phi) is 6.06. The lowest BCUT2D eigenvalue weighted by Crippen LogP contribution is -2.13. The first kappa shape index (κ1) is 16.9. The van der Waals surface area contributed by atoms with Crippen molar-refractivity contribution in [3.63, 3.8) is 0 Å². The molecule has 120 valence electrons. The molecular weight excluding hydrogens is 367 g/mol. The summed E-state index contributed by atoms with van der Waals surface area (Å²) in [5.41, 5.74) is 0. The van der Waals surface area contributed by atoms with Gasteiger partial charge < -0.3 is 4.57 Å². The molecule has 0 aliphatic rings. The molecule has 0 bridgehead atoms. The molecule has 23 heavy (non-hydrogen) atoms. The molecule has 0 aliphatic carbocycles. The summed E-state index contributed by atoms with van der Waals surface area (Å²) in [4.78, 5) is 6.59. The third-order valence-electron chi connectivity index (χ3n) is 3.45. The van der Waals surface area contributed by atoms with Gasteiger partial charge in [-0.05, 0) is 37.1 Å². The minimum absolute atomic E-state index is 0.421. The normalized spacial score (nSPS) is 12.4. The van der Waals surface area contributed by atoms with E-state index in [0.717, 1.165) is 33.6 Å². The van der Waals surface area contributed by atoms with Crippen LogP contribution in [0.25, 0.3) is 0 Å². The van der Waals surface area contributed by atoms with Crippen molar-refractivity contribution in [2.45, 2.75) is 29.5 Å². The van der Waals surface area contributed by atoms with Crippen LogP contribution in [-0.2, 0) is 13.0 Å². The van der Waals surface area contributed by atoms with E-state index in [2.05, 4.69) is 21.7 Å². The average Bonchev–Trinajstić information content (AvgIpc) is 3.19. The molecular formula is C17H16Cl2N2S2. The summed E-state index contributed by atoms with van der Waals surface area (Å²) in [6, 6.07) is 12.1. The molecule has 1 atom stereocenters. The first-order valence-electron chi connectivity index (χ1n) is 7.32. The van der Waals surface area contributed by atoms with Crippen molar-refractivity contribution in [2.75, 3.05) is 0 Å². The Hall–Kier alpha value is -0.940. The molecule has 0 radical (unpaired) electrons. The fourth-order valence-corrected chi connectivity index (χ4v) is 4.88. The van der Waals surface area contributed by atoms with Gasteiger partial charge in [0.05, 0.1) is 15.7 Å². The van der Waals surface area contributed by atoms with E-state index in [0.29, 0.717) is 5.25 Å². The second-order valence-electron chi connectivity index (χ2n) is 5.17. The van der Waals surface area contributed by atoms with E-state index in [9.17, 15) is 0 Å². The predicted octanol–water partition coefficient (Wildman–Crippen LogP) is 6.05. The molecule has 3 aromatic rings. The van der Waals surface area contributed by atoms with Gasteiger partial charge in [0.15, 0.2) is 0 Å². The number of benzene rings is 1. The molecule has 6 heteroatoms. The number of halogens is 2. The lowest BCUT2D eigenvalue weighted by Gasteiger charge is -2.17. The van der Waals surface area contributed by atoms with E-state index in [-0.39, 0.29) is 0 Å². The minimum Gasteiger partial charge on any atom is -0.336 e. The zero-order valence-electron chi connectivity index (χ0n) is 12.4. The van der Waals surface area contributed by atoms with Gasteiger partial charge in [0, 0.05) is 34.0 Å². The quantitative estimate of drug-likeness (QED) is 0.463. The van der Waals surface area contributed by atoms with E-state index >= 15 is 0 Å². The van der Waals surface area contributed by atoms with Crippen LogP contribution in [-0.4, -0.2) is 14.8 Å². The summed E-state index contributed by atoms with van der Waals surface area (Å²) in [6.07, 6.45) is 7.76. The molecule has 0 amide bonds. The molecule has 1 unspecified atom stereocenters. The van der Waals surface area contributed by atoms with Crippen LogP contribution in [0.15, 0.2) is 60.0 Å². The van der Waals surface area contributed by atoms with E-state index in [1.165, 1.54) is 4.88 Å². The van der Waals surface area contributed by atoms with Crippen LogP contribution >= 0.6 is 46.3 Å². The fourth-order valence-electron chi connectivity index (χ4n) is 2.33. The van der Waals surface area contributed by atoms with Gasteiger partial charge in [-0.15, -0.1) is 23.1 Å². The average molecular weight is 383 g/mol. The van der Waals surface area contributed by atoms with Crippen molar-refractivity contribution in [1.29, 1.82) is 0 Å². The van der Waals surface area contributed by atoms with Crippen LogP contribution in [0.1, 0.15) is 11.3 Å². The molecule has 0 aliphatic heterocycles. The Morgan fingerprint density at radius 2 is 2.04 bits per heavy atom. The molecule has 0 fully saturated rings. The third-order valence-corrected chi connectivity index (χ3v) is 6.51. The number of nitrogens with zero attached hydrogens (tertiary/aromatic N) is 2. The highest BCUT2D eigenvalue weighted by Gasteiger charge is 2.14. The van der Waals surface area contributed by atoms with Gasteiger partial charge in [0.1, 0.15) is 0 Å². The summed E-state index contributed by atoms with van der Waals surface area (Å²) in [7, 11) is 0. The summed E-state index contributed by atoms with van der Waals surface area (Å²) < 4.78 is 2.97. The summed E-state index contributed by atoms with van der Waals surface area (Å²) >= 11 is 15.8. The van der Waals surface area contributed by atoms with Crippen molar-refractivity contribution in [2.24, 2.45) is 0 Å². The molecule has 2 aromatic heterocycles. The molecule has 0 spiro atoms. The number of aryl methyl sites for hydroxylation is 1. The van der Waals surface area contributed by atoms with Crippen LogP contribution in [0.2, 0.25) is 9.36 Å². The third kappa shape index (κ3) is 5.01. The van der Waals surface area contributed by atoms with Crippen LogP contribution < -0.4 is 0 Å². The second kappa shape index (κ2) is 8.25. The number of rotatable bonds is 7. The van der Waals surface area contributed by atoms with E-state index in [1.807, 2.05) is 54.7 Å². The minimum atomic E-state index is 0.421. The van der Waals surface area contributed by atoms with E-state index in [4.69, 9.17) is 23.2 Å². The smallest absolute Gasteiger partial charge is 0.0946 e. The lowest BCUT2D eigenvalue weighted by molar-refractivity contribution is 0.626. The van der Waals surface area contributed by atoms with Crippen LogP contribution in [0.5, 0.6) is 0 Å². The molecule has 0 saturated carbocycles. The Labute approximate surface area is 154 Å². The van der Waals surface area contributed by atoms with Crippen molar-refractivity contribution >= 4 is 46.3 Å². The number of hydrogen-bond acceptors (Lipinski definition) is 3. The SMILES string of the molecule is Clc1ccc(CCC(Cn2ccnc2)Sc2ccccc2Cl)s1. The largest absolute Gasteiger partial charge is 0.336 e. The van der Waals surface area contributed by atoms with Gasteiger partial charge in [-0.2, -0.15) is 0 Å². The van der Waals surface area contributed by atoms with Crippen molar-refractivity contribution in [1.82, 2.24) is 9.55 Å². The van der Waals surface area contributed by atoms with Gasteiger partial charge >= 0.3 is 0 Å². The maximum atomic E-state index is 6.32. The molecule has 0 saturated heterocycles. The summed E-state index contributed by atoms with van der Waals surface area (Å²) in [6.45, 7) is 0.912. The highest BCUT2D eigenvalue weighted by atomic mass is 35.5. The first-order valence-corrected chi connectivity index (χ1v) is 9.77. The molecule has 1 aromatic carbocycles. The van der Waals surface area contributed by atoms with Crippen LogP contribution in [0.3, 0.4) is 0 Å². The van der Waals surface area contributed by atoms with Gasteiger partial charge in [-0.25, -0.2) is 4.98 Å². The molecule has 2 heterocycles. The number of hydrogen-bond donors (Lipinski definition) is 0. The summed E-state index contributed by atoms with van der Waals surface area (Å²) in [5, 5.41) is 1.23. The van der Waals surface area contributed by atoms with Gasteiger partial charge in [0.25, 0.3) is 0 Å². The first-order chi connectivity index (χ1) is 11.2. The Bertz CT molecular complexity index is 741. The molecule has 3 rings (SSSR count). The van der Waals surface area contributed by atoms with Crippen molar-refractivity contribution in [3.05, 3.63) is 69.4 Å². The topological polar surface area (TPSA) is 17.8 Å². The van der Waals surface area contributed by atoms with Crippen LogP contribution in [0.4, 0.5) is 0 Å². The Balaban J connectivity index is 1.69. The monoisotopic (exact) mass is 382 g/mol. The maximum absolute atomic E-state index is 6.32. The molecule has 2 nitrogen and oxygen atoms in total. The lowest BCUT2D eigenvalue weighted by atomic mass is 10.2. The highest BCUT2D eigenvalue weighted by molar-refractivity contribution is 8.00. The van der Waals surface area contributed by atoms with E-state index < -0.39 is 0 Å². The van der Waals surface area contributed by atoms with Crippen LogP contribution in [0, 0.1) is 0 Å². The number of thioether (sulfide) groups is 1. The van der Waals surface area contributed by atoms with Gasteiger partial charge in [-0.1, -0.05) is 35.3 Å².